The number of amides is 1. The molecule has 3 heteroatoms. The van der Waals surface area contributed by atoms with Gasteiger partial charge in [0.25, 0.3) is 0 Å². The second-order valence-corrected chi connectivity index (χ2v) is 5.28. The summed E-state index contributed by atoms with van der Waals surface area (Å²) in [5.74, 6) is 0. The van der Waals surface area contributed by atoms with Crippen molar-refractivity contribution in [1.82, 2.24) is 4.90 Å². The van der Waals surface area contributed by atoms with Crippen LogP contribution < -0.4 is 0 Å². The van der Waals surface area contributed by atoms with Crippen molar-refractivity contribution in [1.29, 1.82) is 0 Å². The highest BCUT2D eigenvalue weighted by molar-refractivity contribution is 5.85. The third-order valence-electron chi connectivity index (χ3n) is 3.93. The van der Waals surface area contributed by atoms with Crippen molar-refractivity contribution in [2.75, 3.05) is 13.7 Å². The molecule has 3 rings (SSSR count). The number of likely N-dealkylation sites (tertiary alicyclic amines) is 1. The number of ether oxygens (including phenoxy) is 1. The molecule has 1 amide bonds. The highest BCUT2D eigenvalue weighted by Gasteiger charge is 2.27. The van der Waals surface area contributed by atoms with Gasteiger partial charge >= 0.3 is 6.09 Å². The highest BCUT2D eigenvalue weighted by Crippen LogP contribution is 2.34. The minimum Gasteiger partial charge on any atom is -0.452 e. The SMILES string of the molecule is COC(=O)N1CCCC1=C(c1ccccc1)c1ccccc1. The van der Waals surface area contributed by atoms with E-state index in [1.54, 1.807) is 4.90 Å². The first-order valence-electron chi connectivity index (χ1n) is 7.50. The van der Waals surface area contributed by atoms with E-state index in [0.717, 1.165) is 35.2 Å². The first kappa shape index (κ1) is 14.4. The molecule has 1 fully saturated rings. The fourth-order valence-corrected chi connectivity index (χ4v) is 2.96. The Balaban J connectivity index is 2.17. The van der Waals surface area contributed by atoms with Crippen LogP contribution in [0.5, 0.6) is 0 Å². The van der Waals surface area contributed by atoms with Gasteiger partial charge in [-0.1, -0.05) is 60.7 Å². The minimum atomic E-state index is -0.281. The average molecular weight is 293 g/mol. The Labute approximate surface area is 130 Å². The van der Waals surface area contributed by atoms with Gasteiger partial charge in [0.05, 0.1) is 7.11 Å². The molecule has 3 nitrogen and oxygen atoms in total. The van der Waals surface area contributed by atoms with Gasteiger partial charge in [-0.3, -0.25) is 4.90 Å². The third-order valence-corrected chi connectivity index (χ3v) is 3.93. The molecule has 2 aromatic carbocycles. The number of benzene rings is 2. The van der Waals surface area contributed by atoms with Gasteiger partial charge in [0.2, 0.25) is 0 Å². The van der Waals surface area contributed by atoms with Crippen LogP contribution >= 0.6 is 0 Å². The predicted octanol–water partition coefficient (Wildman–Crippen LogP) is 4.31. The summed E-state index contributed by atoms with van der Waals surface area (Å²) in [4.78, 5) is 13.8. The van der Waals surface area contributed by atoms with Gasteiger partial charge in [0.15, 0.2) is 0 Å². The number of allylic oxidation sites excluding steroid dienone is 1. The minimum absolute atomic E-state index is 0.281. The van der Waals surface area contributed by atoms with Gasteiger partial charge in [-0.2, -0.15) is 0 Å². The van der Waals surface area contributed by atoms with Crippen molar-refractivity contribution in [2.24, 2.45) is 0 Å². The Hall–Kier alpha value is -2.55. The molecule has 0 radical (unpaired) electrons. The Kier molecular flexibility index (Phi) is 4.24. The Morgan fingerprint density at radius 2 is 1.50 bits per heavy atom. The quantitative estimate of drug-likeness (QED) is 0.826. The van der Waals surface area contributed by atoms with Gasteiger partial charge < -0.3 is 4.74 Å². The summed E-state index contributed by atoms with van der Waals surface area (Å²) in [5.41, 5.74) is 4.41. The average Bonchev–Trinajstić information content (AvgIpc) is 3.06. The summed E-state index contributed by atoms with van der Waals surface area (Å²) in [6.45, 7) is 0.713. The number of hydrogen-bond donors (Lipinski definition) is 0. The summed E-state index contributed by atoms with van der Waals surface area (Å²) < 4.78 is 4.94. The molecule has 0 N–H and O–H groups in total. The molecule has 2 aromatic rings. The normalized spacial score (nSPS) is 14.0. The van der Waals surface area contributed by atoms with Crippen LogP contribution in [-0.4, -0.2) is 24.6 Å². The lowest BCUT2D eigenvalue weighted by atomic mass is 9.95. The topological polar surface area (TPSA) is 29.5 Å². The molecule has 1 saturated heterocycles. The van der Waals surface area contributed by atoms with Gasteiger partial charge in [0, 0.05) is 17.8 Å². The smallest absolute Gasteiger partial charge is 0.413 e. The van der Waals surface area contributed by atoms with E-state index >= 15 is 0 Å². The maximum Gasteiger partial charge on any atom is 0.413 e. The fourth-order valence-electron chi connectivity index (χ4n) is 2.96. The monoisotopic (exact) mass is 293 g/mol. The van der Waals surface area contributed by atoms with Gasteiger partial charge in [0.1, 0.15) is 0 Å². The third kappa shape index (κ3) is 2.75. The largest absolute Gasteiger partial charge is 0.452 e. The van der Waals surface area contributed by atoms with Crippen LogP contribution in [0.2, 0.25) is 0 Å². The van der Waals surface area contributed by atoms with E-state index in [1.807, 2.05) is 36.4 Å². The summed E-state index contributed by atoms with van der Waals surface area (Å²) in [5, 5.41) is 0. The number of methoxy groups -OCH3 is 1. The lowest BCUT2D eigenvalue weighted by Crippen LogP contribution is -2.27. The molecule has 0 atom stereocenters. The maximum atomic E-state index is 12.1. The molecule has 112 valence electrons. The fraction of sp³-hybridized carbons (Fsp3) is 0.211. The van der Waals surface area contributed by atoms with E-state index in [4.69, 9.17) is 4.74 Å². The van der Waals surface area contributed by atoms with E-state index < -0.39 is 0 Å². The second-order valence-electron chi connectivity index (χ2n) is 5.28. The zero-order valence-electron chi connectivity index (χ0n) is 12.7. The highest BCUT2D eigenvalue weighted by atomic mass is 16.5. The molecule has 0 bridgehead atoms. The van der Waals surface area contributed by atoms with E-state index in [0.29, 0.717) is 6.54 Å². The van der Waals surface area contributed by atoms with Crippen LogP contribution in [0, 0.1) is 0 Å². The predicted molar refractivity (Wildman–Crippen MR) is 87.3 cm³/mol. The van der Waals surface area contributed by atoms with Crippen LogP contribution in [0.3, 0.4) is 0 Å². The molecule has 0 aromatic heterocycles. The molecule has 0 unspecified atom stereocenters. The maximum absolute atomic E-state index is 12.1. The van der Waals surface area contributed by atoms with Crippen LogP contribution in [0.4, 0.5) is 4.79 Å². The lowest BCUT2D eigenvalue weighted by Gasteiger charge is -2.21. The van der Waals surface area contributed by atoms with Gasteiger partial charge in [-0.05, 0) is 24.0 Å². The molecule has 1 heterocycles. The zero-order chi connectivity index (χ0) is 15.4. The zero-order valence-corrected chi connectivity index (χ0v) is 12.7. The van der Waals surface area contributed by atoms with Crippen molar-refractivity contribution in [3.05, 3.63) is 77.5 Å². The molecule has 0 saturated carbocycles. The van der Waals surface area contributed by atoms with Crippen molar-refractivity contribution in [3.63, 3.8) is 0 Å². The van der Waals surface area contributed by atoms with Crippen LogP contribution in [0.15, 0.2) is 66.4 Å². The van der Waals surface area contributed by atoms with E-state index in [2.05, 4.69) is 24.3 Å². The van der Waals surface area contributed by atoms with Crippen molar-refractivity contribution >= 4 is 11.7 Å². The molecule has 1 aliphatic rings. The number of carbonyl (C=O) groups excluding carboxylic acids is 1. The molecule has 0 spiro atoms. The summed E-state index contributed by atoms with van der Waals surface area (Å²) >= 11 is 0. The van der Waals surface area contributed by atoms with Crippen molar-refractivity contribution in [2.45, 2.75) is 12.8 Å². The molecule has 0 aliphatic carbocycles. The van der Waals surface area contributed by atoms with Gasteiger partial charge in [-0.15, -0.1) is 0 Å². The molecule has 1 aliphatic heterocycles. The standard InChI is InChI=1S/C19H19NO2/c1-22-19(21)20-14-8-13-17(20)18(15-9-4-2-5-10-15)16-11-6-3-7-12-16/h2-7,9-12H,8,13-14H2,1H3. The number of hydrogen-bond acceptors (Lipinski definition) is 2. The summed E-state index contributed by atoms with van der Waals surface area (Å²) in [6.07, 6.45) is 1.57. The number of nitrogens with zero attached hydrogens (tertiary/aromatic N) is 1. The Bertz CT molecular complexity index is 636. The first-order valence-corrected chi connectivity index (χ1v) is 7.50. The van der Waals surface area contributed by atoms with Crippen molar-refractivity contribution in [3.8, 4) is 0 Å². The van der Waals surface area contributed by atoms with E-state index in [1.165, 1.54) is 7.11 Å². The molecule has 22 heavy (non-hydrogen) atoms. The van der Waals surface area contributed by atoms with Crippen LogP contribution in [0.1, 0.15) is 24.0 Å². The second kappa shape index (κ2) is 6.48. The number of carbonyl (C=O) groups is 1. The van der Waals surface area contributed by atoms with Crippen molar-refractivity contribution < 1.29 is 9.53 Å². The van der Waals surface area contributed by atoms with E-state index in [-0.39, 0.29) is 6.09 Å². The molecular weight excluding hydrogens is 274 g/mol. The lowest BCUT2D eigenvalue weighted by molar-refractivity contribution is 0.141. The Morgan fingerprint density at radius 3 is 2.00 bits per heavy atom. The first-order chi connectivity index (χ1) is 10.8. The Morgan fingerprint density at radius 1 is 0.955 bits per heavy atom. The van der Waals surface area contributed by atoms with E-state index in [9.17, 15) is 4.79 Å². The molecular formula is C19H19NO2. The summed E-state index contributed by atoms with van der Waals surface area (Å²) in [6, 6.07) is 20.4. The number of rotatable bonds is 2. The van der Waals surface area contributed by atoms with Gasteiger partial charge in [-0.25, -0.2) is 4.79 Å². The summed E-state index contributed by atoms with van der Waals surface area (Å²) in [7, 11) is 1.43. The van der Waals surface area contributed by atoms with Crippen LogP contribution in [-0.2, 0) is 4.74 Å². The van der Waals surface area contributed by atoms with Crippen LogP contribution in [0.25, 0.3) is 5.57 Å².